The second kappa shape index (κ2) is 5.35. The summed E-state index contributed by atoms with van der Waals surface area (Å²) in [7, 11) is 0. The Morgan fingerprint density at radius 3 is 2.44 bits per heavy atom. The van der Waals surface area contributed by atoms with Crippen molar-refractivity contribution in [2.24, 2.45) is 17.8 Å². The van der Waals surface area contributed by atoms with E-state index in [9.17, 15) is 0 Å². The van der Waals surface area contributed by atoms with Gasteiger partial charge in [-0.3, -0.25) is 0 Å². The van der Waals surface area contributed by atoms with Crippen LogP contribution < -0.4 is 5.32 Å². The Morgan fingerprint density at radius 1 is 1.12 bits per heavy atom. The maximum Gasteiger partial charge on any atom is 0.0139 e. The molecule has 0 aliphatic heterocycles. The van der Waals surface area contributed by atoms with Crippen LogP contribution in [0.5, 0.6) is 0 Å². The van der Waals surface area contributed by atoms with Gasteiger partial charge in [0.15, 0.2) is 0 Å². The molecule has 0 bridgehead atoms. The van der Waals surface area contributed by atoms with Gasteiger partial charge in [0.25, 0.3) is 0 Å². The Balaban J connectivity index is 1.91. The van der Waals surface area contributed by atoms with Crippen LogP contribution in [0.3, 0.4) is 0 Å². The lowest BCUT2D eigenvalue weighted by Gasteiger charge is -2.39. The van der Waals surface area contributed by atoms with Crippen molar-refractivity contribution < 1.29 is 0 Å². The summed E-state index contributed by atoms with van der Waals surface area (Å²) < 4.78 is 0. The molecule has 1 nitrogen and oxygen atoms in total. The minimum Gasteiger partial charge on any atom is -0.310 e. The van der Waals surface area contributed by atoms with E-state index < -0.39 is 0 Å². The molecule has 3 atom stereocenters. The first kappa shape index (κ1) is 12.2. The van der Waals surface area contributed by atoms with E-state index in [0.717, 1.165) is 29.8 Å². The molecule has 0 saturated heterocycles. The molecule has 1 saturated carbocycles. The molecule has 2 aliphatic carbocycles. The highest BCUT2D eigenvalue weighted by Crippen LogP contribution is 2.34. The zero-order valence-corrected chi connectivity index (χ0v) is 11.1. The fourth-order valence-electron chi connectivity index (χ4n) is 3.45. The topological polar surface area (TPSA) is 12.0 Å². The van der Waals surface area contributed by atoms with Gasteiger partial charge >= 0.3 is 0 Å². The van der Waals surface area contributed by atoms with Crippen molar-refractivity contribution in [2.45, 2.75) is 65.0 Å². The molecular weight excluding hydrogens is 194 g/mol. The molecule has 0 heterocycles. The van der Waals surface area contributed by atoms with Gasteiger partial charge in [-0.05, 0) is 43.4 Å². The summed E-state index contributed by atoms with van der Waals surface area (Å²) in [5.74, 6) is 2.65. The molecular formula is C15H27N. The zero-order valence-electron chi connectivity index (χ0n) is 11.1. The van der Waals surface area contributed by atoms with E-state index in [4.69, 9.17) is 0 Å². The molecule has 0 aromatic rings. The van der Waals surface area contributed by atoms with Gasteiger partial charge < -0.3 is 5.32 Å². The van der Waals surface area contributed by atoms with Gasteiger partial charge in [0.05, 0.1) is 0 Å². The number of nitrogens with one attached hydrogen (secondary N) is 1. The van der Waals surface area contributed by atoms with Crippen LogP contribution in [0, 0.1) is 17.8 Å². The Morgan fingerprint density at radius 2 is 1.81 bits per heavy atom. The molecule has 2 rings (SSSR count). The quantitative estimate of drug-likeness (QED) is 0.716. The van der Waals surface area contributed by atoms with Gasteiger partial charge in [0.2, 0.25) is 0 Å². The number of hydrogen-bond acceptors (Lipinski definition) is 1. The second-order valence-corrected chi connectivity index (χ2v) is 6.24. The van der Waals surface area contributed by atoms with Gasteiger partial charge in [0, 0.05) is 12.1 Å². The minimum atomic E-state index is 0.733. The van der Waals surface area contributed by atoms with Crippen LogP contribution in [-0.2, 0) is 0 Å². The van der Waals surface area contributed by atoms with Gasteiger partial charge in [-0.2, -0.15) is 0 Å². The molecule has 0 spiro atoms. The van der Waals surface area contributed by atoms with Crippen LogP contribution in [-0.4, -0.2) is 12.1 Å². The Kier molecular flexibility index (Phi) is 4.07. The first-order chi connectivity index (χ1) is 7.66. The Bertz CT molecular complexity index is 236. The molecule has 3 unspecified atom stereocenters. The van der Waals surface area contributed by atoms with Gasteiger partial charge in [0.1, 0.15) is 0 Å². The fraction of sp³-hybridized carbons (Fsp3) is 0.867. The number of rotatable bonds is 3. The normalized spacial score (nSPS) is 36.1. The van der Waals surface area contributed by atoms with Crippen molar-refractivity contribution in [3.05, 3.63) is 12.2 Å². The van der Waals surface area contributed by atoms with E-state index in [1.165, 1.54) is 32.1 Å². The smallest absolute Gasteiger partial charge is 0.0139 e. The summed E-state index contributed by atoms with van der Waals surface area (Å²) in [5.41, 5.74) is 0. The van der Waals surface area contributed by atoms with Crippen LogP contribution >= 0.6 is 0 Å². The van der Waals surface area contributed by atoms with Crippen LogP contribution in [0.2, 0.25) is 0 Å². The molecule has 92 valence electrons. The summed E-state index contributed by atoms with van der Waals surface area (Å²) in [4.78, 5) is 0. The first-order valence-corrected chi connectivity index (χ1v) is 7.08. The third-order valence-corrected chi connectivity index (χ3v) is 4.48. The van der Waals surface area contributed by atoms with Crippen molar-refractivity contribution >= 4 is 0 Å². The lowest BCUT2D eigenvalue weighted by atomic mass is 9.74. The lowest BCUT2D eigenvalue weighted by molar-refractivity contribution is 0.160. The Hall–Kier alpha value is -0.300. The highest BCUT2D eigenvalue weighted by atomic mass is 15.0. The molecule has 1 heteroatoms. The summed E-state index contributed by atoms with van der Waals surface area (Å²) in [6, 6.07) is 1.50. The molecule has 0 amide bonds. The molecule has 0 radical (unpaired) electrons. The van der Waals surface area contributed by atoms with E-state index >= 15 is 0 Å². The first-order valence-electron chi connectivity index (χ1n) is 7.08. The lowest BCUT2D eigenvalue weighted by Crippen LogP contribution is -2.46. The summed E-state index contributed by atoms with van der Waals surface area (Å²) in [5, 5.41) is 3.92. The highest BCUT2D eigenvalue weighted by molar-refractivity contribution is 5.00. The predicted molar refractivity (Wildman–Crippen MR) is 70.4 cm³/mol. The van der Waals surface area contributed by atoms with Crippen molar-refractivity contribution in [3.8, 4) is 0 Å². The van der Waals surface area contributed by atoms with Crippen LogP contribution in [0.1, 0.15) is 52.9 Å². The average Bonchev–Trinajstić information content (AvgIpc) is 2.70. The van der Waals surface area contributed by atoms with Crippen LogP contribution in [0.25, 0.3) is 0 Å². The maximum absolute atomic E-state index is 3.92. The van der Waals surface area contributed by atoms with Crippen LogP contribution in [0.4, 0.5) is 0 Å². The standard InChI is InChI=1S/C15H27N/c1-11(2)14-9-8-12(3)10-15(14)16-13-6-4-5-7-13/h4-5,11-16H,6-10H2,1-3H3. The van der Waals surface area contributed by atoms with E-state index in [-0.39, 0.29) is 0 Å². The van der Waals surface area contributed by atoms with Crippen molar-refractivity contribution in [2.75, 3.05) is 0 Å². The molecule has 0 aromatic heterocycles. The van der Waals surface area contributed by atoms with Crippen molar-refractivity contribution in [1.29, 1.82) is 0 Å². The summed E-state index contributed by atoms with van der Waals surface area (Å²) in [6.07, 6.45) is 11.4. The Labute approximate surface area is 101 Å². The SMILES string of the molecule is CC1CCC(C(C)C)C(NC2CC=CC2)C1. The van der Waals surface area contributed by atoms with E-state index in [1.807, 2.05) is 0 Å². The highest BCUT2D eigenvalue weighted by Gasteiger charge is 2.31. The largest absolute Gasteiger partial charge is 0.310 e. The molecule has 2 aliphatic rings. The van der Waals surface area contributed by atoms with Gasteiger partial charge in [-0.1, -0.05) is 39.3 Å². The van der Waals surface area contributed by atoms with Crippen molar-refractivity contribution in [3.63, 3.8) is 0 Å². The van der Waals surface area contributed by atoms with Gasteiger partial charge in [-0.15, -0.1) is 0 Å². The van der Waals surface area contributed by atoms with Crippen molar-refractivity contribution in [1.82, 2.24) is 5.32 Å². The third-order valence-electron chi connectivity index (χ3n) is 4.48. The van der Waals surface area contributed by atoms with E-state index in [1.54, 1.807) is 0 Å². The minimum absolute atomic E-state index is 0.733. The van der Waals surface area contributed by atoms with Gasteiger partial charge in [-0.25, -0.2) is 0 Å². The average molecular weight is 221 g/mol. The fourth-order valence-corrected chi connectivity index (χ4v) is 3.45. The molecule has 1 N–H and O–H groups in total. The second-order valence-electron chi connectivity index (χ2n) is 6.24. The van der Waals surface area contributed by atoms with Crippen LogP contribution in [0.15, 0.2) is 12.2 Å². The summed E-state index contributed by atoms with van der Waals surface area (Å²) in [6.45, 7) is 7.20. The third kappa shape index (κ3) is 2.88. The predicted octanol–water partition coefficient (Wildman–Crippen LogP) is 3.76. The molecule has 0 aromatic carbocycles. The van der Waals surface area contributed by atoms with E-state index in [2.05, 4.69) is 38.2 Å². The monoisotopic (exact) mass is 221 g/mol. The zero-order chi connectivity index (χ0) is 11.5. The maximum atomic E-state index is 3.92. The summed E-state index contributed by atoms with van der Waals surface area (Å²) >= 11 is 0. The molecule has 16 heavy (non-hydrogen) atoms. The van der Waals surface area contributed by atoms with E-state index in [0.29, 0.717) is 0 Å². The number of hydrogen-bond donors (Lipinski definition) is 1. The molecule has 1 fully saturated rings.